The van der Waals surface area contributed by atoms with Crippen molar-refractivity contribution in [3.05, 3.63) is 68.7 Å². The maximum absolute atomic E-state index is 12.1. The van der Waals surface area contributed by atoms with E-state index in [-0.39, 0.29) is 5.56 Å². The van der Waals surface area contributed by atoms with Crippen LogP contribution in [-0.2, 0) is 6.54 Å². The predicted molar refractivity (Wildman–Crippen MR) is 88.6 cm³/mol. The van der Waals surface area contributed by atoms with E-state index in [2.05, 4.69) is 31.2 Å². The molecule has 0 aliphatic carbocycles. The lowest BCUT2D eigenvalue weighted by molar-refractivity contribution is 1.08. The third kappa shape index (κ3) is 2.97. The first-order valence-electron chi connectivity index (χ1n) is 6.60. The van der Waals surface area contributed by atoms with Crippen molar-refractivity contribution in [2.24, 2.45) is 0 Å². The molecule has 0 aliphatic rings. The number of halogens is 1. The van der Waals surface area contributed by atoms with E-state index < -0.39 is 0 Å². The summed E-state index contributed by atoms with van der Waals surface area (Å²) in [6, 6.07) is 11.7. The Bertz CT molecular complexity index is 858. The zero-order chi connectivity index (χ0) is 14.8. The van der Waals surface area contributed by atoms with Crippen LogP contribution in [0.5, 0.6) is 0 Å². The van der Waals surface area contributed by atoms with Gasteiger partial charge in [0, 0.05) is 17.6 Å². The van der Waals surface area contributed by atoms with Crippen molar-refractivity contribution in [3.63, 3.8) is 0 Å². The Labute approximate surface area is 130 Å². The fourth-order valence-electron chi connectivity index (χ4n) is 2.18. The number of rotatable bonds is 3. The molecule has 5 heteroatoms. The summed E-state index contributed by atoms with van der Waals surface area (Å²) < 4.78 is 0.830. The lowest BCUT2D eigenvalue weighted by Crippen LogP contribution is -2.15. The molecule has 1 aromatic carbocycles. The number of nitrogens with zero attached hydrogens (tertiary/aromatic N) is 1. The molecule has 21 heavy (non-hydrogen) atoms. The van der Waals surface area contributed by atoms with E-state index in [0.717, 1.165) is 26.8 Å². The summed E-state index contributed by atoms with van der Waals surface area (Å²) in [5, 5.41) is 4.26. The second kappa shape index (κ2) is 5.69. The van der Waals surface area contributed by atoms with E-state index in [0.29, 0.717) is 12.1 Å². The first-order chi connectivity index (χ1) is 10.1. The molecule has 0 radical (unpaired) electrons. The van der Waals surface area contributed by atoms with Crippen LogP contribution >= 0.6 is 15.9 Å². The monoisotopic (exact) mass is 343 g/mol. The van der Waals surface area contributed by atoms with Crippen molar-refractivity contribution in [1.82, 2.24) is 9.97 Å². The van der Waals surface area contributed by atoms with Crippen molar-refractivity contribution >= 4 is 32.5 Å². The first kappa shape index (κ1) is 13.8. The molecule has 0 saturated carbocycles. The van der Waals surface area contributed by atoms with Gasteiger partial charge in [0.15, 0.2) is 0 Å². The summed E-state index contributed by atoms with van der Waals surface area (Å²) in [6.45, 7) is 2.44. The van der Waals surface area contributed by atoms with Gasteiger partial charge in [-0.2, -0.15) is 0 Å². The number of benzene rings is 1. The summed E-state index contributed by atoms with van der Waals surface area (Å²) in [5.41, 5.74) is 3.43. The van der Waals surface area contributed by atoms with Gasteiger partial charge in [-0.25, -0.2) is 4.98 Å². The first-order valence-corrected chi connectivity index (χ1v) is 7.40. The van der Waals surface area contributed by atoms with Gasteiger partial charge < -0.3 is 10.3 Å². The fraction of sp³-hybridized carbons (Fsp3) is 0.125. The molecular formula is C16H14BrN3O. The lowest BCUT2D eigenvalue weighted by Gasteiger charge is -2.08. The maximum Gasteiger partial charge on any atom is 0.253 e. The number of anilines is 1. The number of para-hydroxylation sites is 1. The molecule has 3 rings (SSSR count). The number of hydrogen-bond acceptors (Lipinski definition) is 3. The van der Waals surface area contributed by atoms with Crippen LogP contribution in [0.25, 0.3) is 10.9 Å². The highest BCUT2D eigenvalue weighted by molar-refractivity contribution is 9.10. The van der Waals surface area contributed by atoms with Gasteiger partial charge in [-0.15, -0.1) is 0 Å². The Morgan fingerprint density at radius 2 is 2.10 bits per heavy atom. The van der Waals surface area contributed by atoms with E-state index in [1.165, 1.54) is 0 Å². The van der Waals surface area contributed by atoms with Gasteiger partial charge in [-0.3, -0.25) is 4.79 Å². The van der Waals surface area contributed by atoms with E-state index >= 15 is 0 Å². The number of pyridine rings is 2. The van der Waals surface area contributed by atoms with Gasteiger partial charge >= 0.3 is 0 Å². The maximum atomic E-state index is 12.1. The molecule has 0 fully saturated rings. The van der Waals surface area contributed by atoms with Gasteiger partial charge in [-0.1, -0.05) is 18.2 Å². The van der Waals surface area contributed by atoms with Gasteiger partial charge in [0.1, 0.15) is 4.60 Å². The molecule has 0 saturated heterocycles. The molecule has 0 amide bonds. The quantitative estimate of drug-likeness (QED) is 0.714. The Hall–Kier alpha value is -2.14. The number of aromatic nitrogens is 2. The molecule has 2 heterocycles. The summed E-state index contributed by atoms with van der Waals surface area (Å²) in [4.78, 5) is 19.2. The van der Waals surface area contributed by atoms with Crippen LogP contribution in [0, 0.1) is 6.92 Å². The van der Waals surface area contributed by atoms with Crippen molar-refractivity contribution in [3.8, 4) is 0 Å². The topological polar surface area (TPSA) is 57.8 Å². The number of aryl methyl sites for hydroxylation is 1. The van der Waals surface area contributed by atoms with Crippen LogP contribution in [0.3, 0.4) is 0 Å². The van der Waals surface area contributed by atoms with Gasteiger partial charge in [0.05, 0.1) is 11.9 Å². The highest BCUT2D eigenvalue weighted by Crippen LogP contribution is 2.17. The number of fused-ring (bicyclic) bond motifs is 1. The predicted octanol–water partition coefficient (Wildman–Crippen LogP) is 3.61. The summed E-state index contributed by atoms with van der Waals surface area (Å²) in [7, 11) is 0. The molecule has 3 aromatic rings. The minimum absolute atomic E-state index is 0.0667. The van der Waals surface area contributed by atoms with E-state index in [1.807, 2.05) is 43.3 Å². The fourth-order valence-corrected chi connectivity index (χ4v) is 2.39. The smallest absolute Gasteiger partial charge is 0.253 e. The Morgan fingerprint density at radius 3 is 2.90 bits per heavy atom. The standard InChI is InChI=1S/C16H14BrN3O/c1-10-6-13(9-19-15(10)17)18-8-12-7-11-4-2-3-5-14(11)20-16(12)21/h2-7,9,18H,8H2,1H3,(H,20,21). The Kier molecular flexibility index (Phi) is 3.75. The van der Waals surface area contributed by atoms with Crippen LogP contribution in [0.15, 0.2) is 52.0 Å². The number of aromatic amines is 1. The second-order valence-electron chi connectivity index (χ2n) is 4.90. The lowest BCUT2D eigenvalue weighted by atomic mass is 10.1. The van der Waals surface area contributed by atoms with Crippen molar-refractivity contribution < 1.29 is 0 Å². The van der Waals surface area contributed by atoms with Gasteiger partial charge in [0.25, 0.3) is 5.56 Å². The molecule has 0 atom stereocenters. The summed E-state index contributed by atoms with van der Waals surface area (Å²) >= 11 is 3.37. The highest BCUT2D eigenvalue weighted by Gasteiger charge is 2.04. The molecule has 0 bridgehead atoms. The minimum Gasteiger partial charge on any atom is -0.380 e. The van der Waals surface area contributed by atoms with Crippen LogP contribution < -0.4 is 10.9 Å². The van der Waals surface area contributed by atoms with Crippen LogP contribution in [0.1, 0.15) is 11.1 Å². The number of H-pyrrole nitrogens is 1. The molecule has 0 spiro atoms. The molecular weight excluding hydrogens is 330 g/mol. The van der Waals surface area contributed by atoms with E-state index in [4.69, 9.17) is 0 Å². The van der Waals surface area contributed by atoms with E-state index in [1.54, 1.807) is 6.20 Å². The van der Waals surface area contributed by atoms with Crippen LogP contribution in [0.2, 0.25) is 0 Å². The van der Waals surface area contributed by atoms with Crippen LogP contribution in [0.4, 0.5) is 5.69 Å². The molecule has 2 aromatic heterocycles. The average molecular weight is 344 g/mol. The zero-order valence-electron chi connectivity index (χ0n) is 11.5. The number of hydrogen-bond donors (Lipinski definition) is 2. The van der Waals surface area contributed by atoms with Gasteiger partial charge in [-0.05, 0) is 52.0 Å². The zero-order valence-corrected chi connectivity index (χ0v) is 13.1. The molecule has 2 N–H and O–H groups in total. The largest absolute Gasteiger partial charge is 0.380 e. The molecule has 0 unspecified atom stereocenters. The SMILES string of the molecule is Cc1cc(NCc2cc3ccccc3[nH]c2=O)cnc1Br. The van der Waals surface area contributed by atoms with Crippen molar-refractivity contribution in [1.29, 1.82) is 0 Å². The van der Waals surface area contributed by atoms with Gasteiger partial charge in [0.2, 0.25) is 0 Å². The minimum atomic E-state index is -0.0667. The Balaban J connectivity index is 1.86. The Morgan fingerprint density at radius 1 is 1.29 bits per heavy atom. The third-order valence-electron chi connectivity index (χ3n) is 3.33. The normalized spacial score (nSPS) is 10.8. The summed E-state index contributed by atoms with van der Waals surface area (Å²) in [5.74, 6) is 0. The van der Waals surface area contributed by atoms with E-state index in [9.17, 15) is 4.79 Å². The molecule has 106 valence electrons. The molecule has 0 aliphatic heterocycles. The highest BCUT2D eigenvalue weighted by atomic mass is 79.9. The summed E-state index contributed by atoms with van der Waals surface area (Å²) in [6.07, 6.45) is 1.74. The third-order valence-corrected chi connectivity index (χ3v) is 4.16. The average Bonchev–Trinajstić information content (AvgIpc) is 2.48. The molecule has 4 nitrogen and oxygen atoms in total. The van der Waals surface area contributed by atoms with Crippen LogP contribution in [-0.4, -0.2) is 9.97 Å². The van der Waals surface area contributed by atoms with Crippen molar-refractivity contribution in [2.45, 2.75) is 13.5 Å². The van der Waals surface area contributed by atoms with Crippen molar-refractivity contribution in [2.75, 3.05) is 5.32 Å². The second-order valence-corrected chi connectivity index (χ2v) is 5.65. The number of nitrogens with one attached hydrogen (secondary N) is 2.